The predicted octanol–water partition coefficient (Wildman–Crippen LogP) is 2.99. The molecule has 1 fully saturated rings. The number of amides is 1. The highest BCUT2D eigenvalue weighted by Crippen LogP contribution is 2.19. The maximum absolute atomic E-state index is 12.3. The lowest BCUT2D eigenvalue weighted by atomic mass is 10.00. The molecule has 156 valence electrons. The standard InChI is InChI=1S/C23H32N4O2/c1-3-20-7-4-5-15-26(20)16-6-14-24-22(28)17-27-23(29)13-12-21(25-27)19-10-8-18(2)9-11-19/h8-13,20H,3-7,14-17H2,1-2H3,(H,24,28)/t20-/m0/s1. The van der Waals surface area contributed by atoms with Crippen molar-refractivity contribution in [3.63, 3.8) is 0 Å². The number of nitrogens with one attached hydrogen (secondary N) is 1. The van der Waals surface area contributed by atoms with Crippen LogP contribution in [0.2, 0.25) is 0 Å². The summed E-state index contributed by atoms with van der Waals surface area (Å²) >= 11 is 0. The number of piperidine rings is 1. The van der Waals surface area contributed by atoms with Gasteiger partial charge in [-0.2, -0.15) is 5.10 Å². The molecule has 1 aromatic heterocycles. The Kier molecular flexibility index (Phi) is 7.58. The van der Waals surface area contributed by atoms with Gasteiger partial charge in [-0.3, -0.25) is 9.59 Å². The fourth-order valence-electron chi connectivity index (χ4n) is 3.96. The van der Waals surface area contributed by atoms with Crippen molar-refractivity contribution in [1.29, 1.82) is 0 Å². The highest BCUT2D eigenvalue weighted by Gasteiger charge is 2.19. The molecule has 1 atom stereocenters. The summed E-state index contributed by atoms with van der Waals surface area (Å²) in [6.45, 7) is 7.02. The van der Waals surface area contributed by atoms with Crippen molar-refractivity contribution in [2.24, 2.45) is 0 Å². The van der Waals surface area contributed by atoms with Crippen molar-refractivity contribution in [2.75, 3.05) is 19.6 Å². The molecule has 6 heteroatoms. The molecule has 1 amide bonds. The van der Waals surface area contributed by atoms with Gasteiger partial charge in [0.25, 0.3) is 5.56 Å². The molecule has 2 heterocycles. The third-order valence-electron chi connectivity index (χ3n) is 5.67. The first-order valence-corrected chi connectivity index (χ1v) is 10.7. The molecule has 1 N–H and O–H groups in total. The van der Waals surface area contributed by atoms with Crippen LogP contribution in [-0.4, -0.2) is 46.3 Å². The van der Waals surface area contributed by atoms with Crippen LogP contribution in [0, 0.1) is 6.92 Å². The molecule has 0 unspecified atom stereocenters. The molecule has 1 saturated heterocycles. The van der Waals surface area contributed by atoms with E-state index in [1.54, 1.807) is 6.07 Å². The van der Waals surface area contributed by atoms with E-state index in [1.807, 2.05) is 31.2 Å². The van der Waals surface area contributed by atoms with Crippen LogP contribution in [-0.2, 0) is 11.3 Å². The first kappa shape index (κ1) is 21.2. The number of likely N-dealkylation sites (tertiary alicyclic amines) is 1. The number of rotatable bonds is 8. The van der Waals surface area contributed by atoms with Crippen molar-refractivity contribution < 1.29 is 4.79 Å². The quantitative estimate of drug-likeness (QED) is 0.697. The van der Waals surface area contributed by atoms with Gasteiger partial charge in [0.2, 0.25) is 5.91 Å². The van der Waals surface area contributed by atoms with Gasteiger partial charge in [0.1, 0.15) is 6.54 Å². The van der Waals surface area contributed by atoms with Gasteiger partial charge in [0.15, 0.2) is 0 Å². The van der Waals surface area contributed by atoms with Crippen LogP contribution in [0.1, 0.15) is 44.6 Å². The van der Waals surface area contributed by atoms with Gasteiger partial charge >= 0.3 is 0 Å². The fourth-order valence-corrected chi connectivity index (χ4v) is 3.96. The fraction of sp³-hybridized carbons (Fsp3) is 0.522. The maximum Gasteiger partial charge on any atom is 0.267 e. The molecule has 1 aliphatic heterocycles. The van der Waals surface area contributed by atoms with E-state index < -0.39 is 0 Å². The van der Waals surface area contributed by atoms with E-state index in [4.69, 9.17) is 0 Å². The van der Waals surface area contributed by atoms with E-state index in [0.29, 0.717) is 18.3 Å². The third-order valence-corrected chi connectivity index (χ3v) is 5.67. The summed E-state index contributed by atoms with van der Waals surface area (Å²) in [6, 6.07) is 11.8. The van der Waals surface area contributed by atoms with Gasteiger partial charge in [-0.25, -0.2) is 4.68 Å². The van der Waals surface area contributed by atoms with Crippen LogP contribution in [0.25, 0.3) is 11.3 Å². The van der Waals surface area contributed by atoms with Gasteiger partial charge in [0.05, 0.1) is 5.69 Å². The molecule has 0 aliphatic carbocycles. The Morgan fingerprint density at radius 2 is 1.97 bits per heavy atom. The van der Waals surface area contributed by atoms with Crippen molar-refractivity contribution >= 4 is 5.91 Å². The lowest BCUT2D eigenvalue weighted by Gasteiger charge is -2.35. The SMILES string of the molecule is CC[C@H]1CCCCN1CCCNC(=O)Cn1nc(-c2ccc(C)cc2)ccc1=O. The summed E-state index contributed by atoms with van der Waals surface area (Å²) in [4.78, 5) is 27.0. The highest BCUT2D eigenvalue weighted by molar-refractivity contribution is 5.75. The lowest BCUT2D eigenvalue weighted by molar-refractivity contribution is -0.121. The van der Waals surface area contributed by atoms with E-state index in [1.165, 1.54) is 36.4 Å². The van der Waals surface area contributed by atoms with Crippen LogP contribution < -0.4 is 10.9 Å². The van der Waals surface area contributed by atoms with E-state index in [0.717, 1.165) is 30.6 Å². The molecular formula is C23H32N4O2. The first-order valence-electron chi connectivity index (χ1n) is 10.7. The van der Waals surface area contributed by atoms with Gasteiger partial charge < -0.3 is 10.2 Å². The third kappa shape index (κ3) is 6.00. The molecular weight excluding hydrogens is 364 g/mol. The topological polar surface area (TPSA) is 67.2 Å². The van der Waals surface area contributed by atoms with E-state index in [-0.39, 0.29) is 18.0 Å². The molecule has 1 aromatic carbocycles. The number of aryl methyl sites for hydroxylation is 1. The van der Waals surface area contributed by atoms with Crippen LogP contribution in [0.3, 0.4) is 0 Å². The smallest absolute Gasteiger partial charge is 0.267 e. The molecule has 6 nitrogen and oxygen atoms in total. The van der Waals surface area contributed by atoms with Gasteiger partial charge in [0, 0.05) is 30.8 Å². The van der Waals surface area contributed by atoms with E-state index in [2.05, 4.69) is 22.2 Å². The van der Waals surface area contributed by atoms with Gasteiger partial charge in [-0.15, -0.1) is 0 Å². The summed E-state index contributed by atoms with van der Waals surface area (Å²) in [5.41, 5.74) is 2.51. The van der Waals surface area contributed by atoms with Crippen LogP contribution in [0.5, 0.6) is 0 Å². The van der Waals surface area contributed by atoms with Crippen molar-refractivity contribution in [3.8, 4) is 11.3 Å². The van der Waals surface area contributed by atoms with Crippen molar-refractivity contribution in [3.05, 3.63) is 52.3 Å². The predicted molar refractivity (Wildman–Crippen MR) is 116 cm³/mol. The highest BCUT2D eigenvalue weighted by atomic mass is 16.2. The monoisotopic (exact) mass is 396 g/mol. The summed E-state index contributed by atoms with van der Waals surface area (Å²) in [6.07, 6.45) is 6.00. The summed E-state index contributed by atoms with van der Waals surface area (Å²) in [5.74, 6) is -0.175. The zero-order chi connectivity index (χ0) is 20.6. The first-order chi connectivity index (χ1) is 14.1. The van der Waals surface area contributed by atoms with Crippen molar-refractivity contribution in [2.45, 2.75) is 58.5 Å². The molecule has 0 spiro atoms. The largest absolute Gasteiger partial charge is 0.354 e. The Morgan fingerprint density at radius 3 is 2.72 bits per heavy atom. The minimum atomic E-state index is -0.268. The number of aromatic nitrogens is 2. The number of nitrogens with zero attached hydrogens (tertiary/aromatic N) is 3. The van der Waals surface area contributed by atoms with Crippen LogP contribution in [0.4, 0.5) is 0 Å². The average Bonchev–Trinajstić information content (AvgIpc) is 2.73. The van der Waals surface area contributed by atoms with Gasteiger partial charge in [-0.1, -0.05) is 43.2 Å². The molecule has 0 saturated carbocycles. The number of hydrogen-bond acceptors (Lipinski definition) is 4. The number of carbonyl (C=O) groups excluding carboxylic acids is 1. The summed E-state index contributed by atoms with van der Waals surface area (Å²) in [5, 5.41) is 7.30. The number of hydrogen-bond donors (Lipinski definition) is 1. The van der Waals surface area contributed by atoms with Crippen molar-refractivity contribution in [1.82, 2.24) is 20.0 Å². The normalized spacial score (nSPS) is 17.2. The minimum Gasteiger partial charge on any atom is -0.354 e. The maximum atomic E-state index is 12.3. The lowest BCUT2D eigenvalue weighted by Crippen LogP contribution is -2.41. The van der Waals surface area contributed by atoms with Crippen LogP contribution in [0.15, 0.2) is 41.2 Å². The Hall–Kier alpha value is -2.47. The molecule has 0 bridgehead atoms. The summed E-state index contributed by atoms with van der Waals surface area (Å²) in [7, 11) is 0. The minimum absolute atomic E-state index is 0.0557. The van der Waals surface area contributed by atoms with Gasteiger partial charge in [-0.05, 0) is 45.2 Å². The summed E-state index contributed by atoms with van der Waals surface area (Å²) < 4.78 is 1.24. The molecule has 3 rings (SSSR count). The second-order valence-corrected chi connectivity index (χ2v) is 7.88. The second kappa shape index (κ2) is 10.3. The van der Waals surface area contributed by atoms with E-state index in [9.17, 15) is 9.59 Å². The average molecular weight is 397 g/mol. The zero-order valence-corrected chi connectivity index (χ0v) is 17.6. The molecule has 1 aliphatic rings. The Morgan fingerprint density at radius 1 is 1.17 bits per heavy atom. The Bertz CT molecular complexity index is 860. The molecule has 29 heavy (non-hydrogen) atoms. The van der Waals surface area contributed by atoms with Crippen LogP contribution >= 0.6 is 0 Å². The zero-order valence-electron chi connectivity index (χ0n) is 17.6. The molecule has 2 aromatic rings. The Balaban J connectivity index is 1.50. The number of carbonyl (C=O) groups is 1. The second-order valence-electron chi connectivity index (χ2n) is 7.88. The molecule has 0 radical (unpaired) electrons. The van der Waals surface area contributed by atoms with E-state index >= 15 is 0 Å². The Labute approximate surface area is 172 Å². The number of benzene rings is 1.